The molecule has 0 saturated heterocycles. The van der Waals surface area contributed by atoms with Gasteiger partial charge in [0.25, 0.3) is 0 Å². The van der Waals surface area contributed by atoms with Crippen LogP contribution in [0.5, 0.6) is 0 Å². The van der Waals surface area contributed by atoms with Gasteiger partial charge < -0.3 is 5.73 Å². The molecule has 3 heteroatoms. The van der Waals surface area contributed by atoms with Gasteiger partial charge in [0.1, 0.15) is 0 Å². The second kappa shape index (κ2) is 6.26. The predicted molar refractivity (Wildman–Crippen MR) is 68.7 cm³/mol. The molecule has 0 aliphatic rings. The molecule has 1 unspecified atom stereocenters. The third-order valence-electron chi connectivity index (χ3n) is 2.69. The highest BCUT2D eigenvalue weighted by Gasteiger charge is 2.10. The van der Waals surface area contributed by atoms with E-state index in [2.05, 4.69) is 53.0 Å². The molecule has 0 heterocycles. The summed E-state index contributed by atoms with van der Waals surface area (Å²) in [5, 5.41) is 0. The maximum absolute atomic E-state index is 5.72. The lowest BCUT2D eigenvalue weighted by molar-refractivity contribution is 0.233. The lowest BCUT2D eigenvalue weighted by Crippen LogP contribution is -2.36. The molecule has 2 N–H and O–H groups in total. The van der Waals surface area contributed by atoms with Crippen LogP contribution in [0.3, 0.4) is 0 Å². The number of nitrogens with two attached hydrogens (primary N) is 1. The summed E-state index contributed by atoms with van der Waals surface area (Å²) in [6, 6.07) is 8.88. The summed E-state index contributed by atoms with van der Waals surface area (Å²) in [5.74, 6) is 0. The van der Waals surface area contributed by atoms with Gasteiger partial charge in [0, 0.05) is 23.6 Å². The van der Waals surface area contributed by atoms with Crippen molar-refractivity contribution >= 4 is 15.9 Å². The van der Waals surface area contributed by atoms with Crippen LogP contribution in [0.2, 0.25) is 0 Å². The first-order chi connectivity index (χ1) is 7.17. The Morgan fingerprint density at radius 3 is 2.73 bits per heavy atom. The van der Waals surface area contributed by atoms with Gasteiger partial charge in [0.2, 0.25) is 0 Å². The van der Waals surface area contributed by atoms with Crippen molar-refractivity contribution in [3.8, 4) is 0 Å². The number of hydrogen-bond donors (Lipinski definition) is 1. The molecule has 0 fully saturated rings. The predicted octanol–water partition coefficient (Wildman–Crippen LogP) is 2.62. The topological polar surface area (TPSA) is 29.3 Å². The number of hydrogen-bond acceptors (Lipinski definition) is 2. The second-order valence-electron chi connectivity index (χ2n) is 3.84. The summed E-state index contributed by atoms with van der Waals surface area (Å²) >= 11 is 3.48. The van der Waals surface area contributed by atoms with E-state index in [0.717, 1.165) is 24.0 Å². The van der Waals surface area contributed by atoms with Gasteiger partial charge >= 0.3 is 0 Å². The van der Waals surface area contributed by atoms with Crippen molar-refractivity contribution in [1.29, 1.82) is 0 Å². The van der Waals surface area contributed by atoms with Crippen molar-refractivity contribution in [2.75, 3.05) is 13.6 Å². The van der Waals surface area contributed by atoms with Crippen molar-refractivity contribution in [2.24, 2.45) is 5.73 Å². The van der Waals surface area contributed by atoms with E-state index in [1.807, 2.05) is 6.07 Å². The summed E-state index contributed by atoms with van der Waals surface area (Å²) in [5.41, 5.74) is 7.04. The van der Waals surface area contributed by atoms with E-state index in [0.29, 0.717) is 6.04 Å². The Balaban J connectivity index is 2.61. The Labute approximate surface area is 101 Å². The minimum absolute atomic E-state index is 0.476. The molecule has 0 amide bonds. The number of nitrogens with zero attached hydrogens (tertiary/aromatic N) is 1. The first-order valence-electron chi connectivity index (χ1n) is 5.32. The smallest absolute Gasteiger partial charge is 0.0234 e. The molecule has 1 rings (SSSR count). The van der Waals surface area contributed by atoms with Gasteiger partial charge in [-0.3, -0.25) is 4.90 Å². The SMILES string of the molecule is CCC(CN)N(C)Cc1cccc(Br)c1. The fraction of sp³-hybridized carbons (Fsp3) is 0.500. The zero-order chi connectivity index (χ0) is 11.3. The zero-order valence-electron chi connectivity index (χ0n) is 9.41. The summed E-state index contributed by atoms with van der Waals surface area (Å²) in [7, 11) is 2.13. The minimum atomic E-state index is 0.476. The third kappa shape index (κ3) is 3.93. The first-order valence-corrected chi connectivity index (χ1v) is 6.11. The molecule has 84 valence electrons. The average molecular weight is 271 g/mol. The molecular weight excluding hydrogens is 252 g/mol. The molecule has 1 aromatic rings. The second-order valence-corrected chi connectivity index (χ2v) is 4.76. The number of benzene rings is 1. The molecule has 1 aromatic carbocycles. The molecule has 2 nitrogen and oxygen atoms in total. The Kier molecular flexibility index (Phi) is 5.29. The van der Waals surface area contributed by atoms with Crippen LogP contribution in [0.1, 0.15) is 18.9 Å². The number of rotatable bonds is 5. The van der Waals surface area contributed by atoms with Crippen LogP contribution in [0.15, 0.2) is 28.7 Å². The van der Waals surface area contributed by atoms with Crippen LogP contribution in [0.4, 0.5) is 0 Å². The normalized spacial score (nSPS) is 13.1. The average Bonchev–Trinajstić information content (AvgIpc) is 2.19. The van der Waals surface area contributed by atoms with Crippen LogP contribution in [0, 0.1) is 0 Å². The third-order valence-corrected chi connectivity index (χ3v) is 3.18. The van der Waals surface area contributed by atoms with E-state index in [4.69, 9.17) is 5.73 Å². The van der Waals surface area contributed by atoms with E-state index >= 15 is 0 Å². The molecule has 0 aromatic heterocycles. The Hall–Kier alpha value is -0.380. The molecule has 0 radical (unpaired) electrons. The van der Waals surface area contributed by atoms with Crippen molar-refractivity contribution in [3.05, 3.63) is 34.3 Å². The van der Waals surface area contributed by atoms with Crippen molar-refractivity contribution in [2.45, 2.75) is 25.9 Å². The number of halogens is 1. The molecule has 0 saturated carbocycles. The molecule has 0 aliphatic heterocycles. The highest BCUT2D eigenvalue weighted by molar-refractivity contribution is 9.10. The van der Waals surface area contributed by atoms with Gasteiger partial charge in [-0.2, -0.15) is 0 Å². The largest absolute Gasteiger partial charge is 0.329 e. The molecule has 1 atom stereocenters. The first kappa shape index (κ1) is 12.7. The fourth-order valence-electron chi connectivity index (χ4n) is 1.71. The van der Waals surface area contributed by atoms with E-state index in [-0.39, 0.29) is 0 Å². The molecular formula is C12H19BrN2. The van der Waals surface area contributed by atoms with Gasteiger partial charge in [0.15, 0.2) is 0 Å². The van der Waals surface area contributed by atoms with Crippen molar-refractivity contribution in [3.63, 3.8) is 0 Å². The van der Waals surface area contributed by atoms with Gasteiger partial charge in [-0.25, -0.2) is 0 Å². The lowest BCUT2D eigenvalue weighted by atomic mass is 10.1. The fourth-order valence-corrected chi connectivity index (χ4v) is 2.16. The van der Waals surface area contributed by atoms with Gasteiger partial charge in [-0.1, -0.05) is 35.0 Å². The Bertz CT molecular complexity index is 297. The summed E-state index contributed by atoms with van der Waals surface area (Å²) in [4.78, 5) is 2.31. The van der Waals surface area contributed by atoms with Crippen LogP contribution in [-0.2, 0) is 6.54 Å². The van der Waals surface area contributed by atoms with Crippen LogP contribution in [-0.4, -0.2) is 24.5 Å². The lowest BCUT2D eigenvalue weighted by Gasteiger charge is -2.25. The monoisotopic (exact) mass is 270 g/mol. The summed E-state index contributed by atoms with van der Waals surface area (Å²) < 4.78 is 1.13. The van der Waals surface area contributed by atoms with Gasteiger partial charge in [-0.15, -0.1) is 0 Å². The molecule has 0 bridgehead atoms. The summed E-state index contributed by atoms with van der Waals surface area (Å²) in [6.45, 7) is 3.85. The van der Waals surface area contributed by atoms with Gasteiger partial charge in [0.05, 0.1) is 0 Å². The highest BCUT2D eigenvalue weighted by Crippen LogP contribution is 2.14. The van der Waals surface area contributed by atoms with E-state index < -0.39 is 0 Å². The quantitative estimate of drug-likeness (QED) is 0.892. The van der Waals surface area contributed by atoms with Crippen LogP contribution in [0.25, 0.3) is 0 Å². The van der Waals surface area contributed by atoms with E-state index in [1.54, 1.807) is 0 Å². The maximum Gasteiger partial charge on any atom is 0.0234 e. The van der Waals surface area contributed by atoms with Crippen molar-refractivity contribution < 1.29 is 0 Å². The molecule has 0 aliphatic carbocycles. The Morgan fingerprint density at radius 2 is 2.20 bits per heavy atom. The number of likely N-dealkylation sites (N-methyl/N-ethyl adjacent to an activating group) is 1. The standard InChI is InChI=1S/C12H19BrN2/c1-3-12(8-14)15(2)9-10-5-4-6-11(13)7-10/h4-7,12H,3,8-9,14H2,1-2H3. The minimum Gasteiger partial charge on any atom is -0.329 e. The van der Waals surface area contributed by atoms with Crippen LogP contribution < -0.4 is 5.73 Å². The van der Waals surface area contributed by atoms with Crippen molar-refractivity contribution in [1.82, 2.24) is 4.90 Å². The zero-order valence-corrected chi connectivity index (χ0v) is 11.0. The van der Waals surface area contributed by atoms with Crippen LogP contribution >= 0.6 is 15.9 Å². The van der Waals surface area contributed by atoms with E-state index in [9.17, 15) is 0 Å². The maximum atomic E-state index is 5.72. The molecule has 15 heavy (non-hydrogen) atoms. The summed E-state index contributed by atoms with van der Waals surface area (Å²) in [6.07, 6.45) is 1.10. The highest BCUT2D eigenvalue weighted by atomic mass is 79.9. The van der Waals surface area contributed by atoms with E-state index in [1.165, 1.54) is 5.56 Å². The Morgan fingerprint density at radius 1 is 1.47 bits per heavy atom. The van der Waals surface area contributed by atoms with Gasteiger partial charge in [-0.05, 0) is 31.2 Å². The molecule has 0 spiro atoms.